The summed E-state index contributed by atoms with van der Waals surface area (Å²) in [6.07, 6.45) is 0.991. The Hall–Kier alpha value is -2.30. The minimum absolute atomic E-state index is 0.184. The fraction of sp³-hybridized carbons (Fsp3) is 0.231. The van der Waals surface area contributed by atoms with Gasteiger partial charge in [-0.05, 0) is 24.1 Å². The van der Waals surface area contributed by atoms with E-state index in [1.165, 1.54) is 5.56 Å². The van der Waals surface area contributed by atoms with Crippen LogP contribution in [0.4, 0.5) is 17.5 Å². The molecule has 0 atom stereocenters. The van der Waals surface area contributed by atoms with Gasteiger partial charge in [0.25, 0.3) is 0 Å². The van der Waals surface area contributed by atoms with Gasteiger partial charge >= 0.3 is 0 Å². The summed E-state index contributed by atoms with van der Waals surface area (Å²) in [6, 6.07) is 9.84. The van der Waals surface area contributed by atoms with Gasteiger partial charge in [0.05, 0.1) is 7.11 Å². The highest BCUT2D eigenvalue weighted by Gasteiger charge is 2.03. The fourth-order valence-electron chi connectivity index (χ4n) is 1.63. The van der Waals surface area contributed by atoms with Crippen molar-refractivity contribution in [3.8, 4) is 5.88 Å². The third-order valence-corrected chi connectivity index (χ3v) is 2.54. The van der Waals surface area contributed by atoms with Gasteiger partial charge in [0, 0.05) is 11.8 Å². The maximum absolute atomic E-state index is 5.60. The number of rotatable bonds is 4. The number of hydrogen-bond acceptors (Lipinski definition) is 5. The molecule has 5 nitrogen and oxygen atoms in total. The zero-order valence-electron chi connectivity index (χ0n) is 10.5. The van der Waals surface area contributed by atoms with E-state index in [2.05, 4.69) is 34.3 Å². The Balaban J connectivity index is 2.24. The average Bonchev–Trinajstić information content (AvgIpc) is 2.38. The highest BCUT2D eigenvalue weighted by molar-refractivity contribution is 5.58. The molecule has 5 heteroatoms. The molecular weight excluding hydrogens is 228 g/mol. The normalized spacial score (nSPS) is 10.1. The van der Waals surface area contributed by atoms with Crippen LogP contribution in [-0.4, -0.2) is 17.1 Å². The van der Waals surface area contributed by atoms with Crippen molar-refractivity contribution in [2.45, 2.75) is 13.3 Å². The number of aromatic nitrogens is 2. The number of anilines is 3. The first-order valence-corrected chi connectivity index (χ1v) is 5.75. The molecule has 0 bridgehead atoms. The van der Waals surface area contributed by atoms with E-state index in [9.17, 15) is 0 Å². The summed E-state index contributed by atoms with van der Waals surface area (Å²) in [5.41, 5.74) is 7.83. The van der Waals surface area contributed by atoms with E-state index in [0.29, 0.717) is 11.7 Å². The van der Waals surface area contributed by atoms with Crippen molar-refractivity contribution in [2.75, 3.05) is 18.2 Å². The van der Waals surface area contributed by atoms with E-state index < -0.39 is 0 Å². The van der Waals surface area contributed by atoms with Gasteiger partial charge in [0.1, 0.15) is 5.82 Å². The van der Waals surface area contributed by atoms with E-state index in [4.69, 9.17) is 10.5 Å². The quantitative estimate of drug-likeness (QED) is 0.863. The van der Waals surface area contributed by atoms with Crippen molar-refractivity contribution < 1.29 is 4.74 Å². The molecule has 0 aliphatic heterocycles. The molecule has 0 saturated carbocycles. The van der Waals surface area contributed by atoms with Gasteiger partial charge in [-0.2, -0.15) is 9.97 Å². The molecule has 1 aromatic carbocycles. The lowest BCUT2D eigenvalue weighted by molar-refractivity contribution is 0.398. The topological polar surface area (TPSA) is 73.1 Å². The molecule has 0 fully saturated rings. The molecule has 1 heterocycles. The SMILES string of the molecule is CCc1cccc(Nc2cc(OC)nc(N)n2)c1. The van der Waals surface area contributed by atoms with Crippen LogP contribution in [0, 0.1) is 0 Å². The minimum atomic E-state index is 0.184. The zero-order valence-corrected chi connectivity index (χ0v) is 10.5. The standard InChI is InChI=1S/C13H16N4O/c1-3-9-5-4-6-10(7-9)15-11-8-12(18-2)17-13(14)16-11/h4-8H,3H2,1-2H3,(H3,14,15,16,17). The Morgan fingerprint density at radius 2 is 2.11 bits per heavy atom. The summed E-state index contributed by atoms with van der Waals surface area (Å²) in [7, 11) is 1.54. The van der Waals surface area contributed by atoms with E-state index in [1.807, 2.05) is 12.1 Å². The molecule has 0 aliphatic carbocycles. The smallest absolute Gasteiger partial charge is 0.225 e. The van der Waals surface area contributed by atoms with E-state index in [0.717, 1.165) is 12.1 Å². The van der Waals surface area contributed by atoms with E-state index in [1.54, 1.807) is 13.2 Å². The van der Waals surface area contributed by atoms with Gasteiger partial charge in [-0.3, -0.25) is 0 Å². The number of hydrogen-bond donors (Lipinski definition) is 2. The molecule has 0 aliphatic rings. The summed E-state index contributed by atoms with van der Waals surface area (Å²) in [5.74, 6) is 1.24. The van der Waals surface area contributed by atoms with Gasteiger partial charge in [-0.15, -0.1) is 0 Å². The summed E-state index contributed by atoms with van der Waals surface area (Å²) in [4.78, 5) is 8.04. The first kappa shape index (κ1) is 12.2. The van der Waals surface area contributed by atoms with Crippen LogP contribution >= 0.6 is 0 Å². The zero-order chi connectivity index (χ0) is 13.0. The Labute approximate surface area is 106 Å². The fourth-order valence-corrected chi connectivity index (χ4v) is 1.63. The van der Waals surface area contributed by atoms with E-state index in [-0.39, 0.29) is 5.95 Å². The maximum Gasteiger partial charge on any atom is 0.225 e. The molecule has 18 heavy (non-hydrogen) atoms. The van der Waals surface area contributed by atoms with Crippen LogP contribution in [0.5, 0.6) is 5.88 Å². The Morgan fingerprint density at radius 3 is 2.83 bits per heavy atom. The van der Waals surface area contributed by atoms with Crippen molar-refractivity contribution in [3.05, 3.63) is 35.9 Å². The largest absolute Gasteiger partial charge is 0.481 e. The molecule has 0 radical (unpaired) electrons. The second kappa shape index (κ2) is 5.35. The van der Waals surface area contributed by atoms with Crippen LogP contribution in [0.15, 0.2) is 30.3 Å². The molecule has 0 saturated heterocycles. The predicted octanol–water partition coefficient (Wildman–Crippen LogP) is 2.37. The third-order valence-electron chi connectivity index (χ3n) is 2.54. The number of nitrogen functional groups attached to an aromatic ring is 1. The van der Waals surface area contributed by atoms with Crippen molar-refractivity contribution in [1.82, 2.24) is 9.97 Å². The van der Waals surface area contributed by atoms with Gasteiger partial charge in [-0.1, -0.05) is 19.1 Å². The van der Waals surface area contributed by atoms with Crippen LogP contribution in [0.2, 0.25) is 0 Å². The number of methoxy groups -OCH3 is 1. The monoisotopic (exact) mass is 244 g/mol. The van der Waals surface area contributed by atoms with Gasteiger partial charge in [0.15, 0.2) is 0 Å². The van der Waals surface area contributed by atoms with Crippen molar-refractivity contribution in [3.63, 3.8) is 0 Å². The predicted molar refractivity (Wildman–Crippen MR) is 72.1 cm³/mol. The highest BCUT2D eigenvalue weighted by atomic mass is 16.5. The van der Waals surface area contributed by atoms with Crippen LogP contribution in [0.1, 0.15) is 12.5 Å². The number of benzene rings is 1. The highest BCUT2D eigenvalue weighted by Crippen LogP contribution is 2.20. The van der Waals surface area contributed by atoms with Crippen LogP contribution in [0.3, 0.4) is 0 Å². The molecule has 2 aromatic rings. The van der Waals surface area contributed by atoms with Crippen LogP contribution < -0.4 is 15.8 Å². The number of nitrogens with one attached hydrogen (secondary N) is 1. The minimum Gasteiger partial charge on any atom is -0.481 e. The van der Waals surface area contributed by atoms with Crippen LogP contribution in [-0.2, 0) is 6.42 Å². The molecule has 1 aromatic heterocycles. The van der Waals surface area contributed by atoms with Crippen molar-refractivity contribution in [1.29, 1.82) is 0 Å². The van der Waals surface area contributed by atoms with Gasteiger partial charge in [-0.25, -0.2) is 0 Å². The number of nitrogens with two attached hydrogens (primary N) is 1. The summed E-state index contributed by atoms with van der Waals surface area (Å²) in [5, 5.41) is 3.18. The maximum atomic E-state index is 5.60. The van der Waals surface area contributed by atoms with Crippen molar-refractivity contribution in [2.24, 2.45) is 0 Å². The lowest BCUT2D eigenvalue weighted by Gasteiger charge is -2.08. The average molecular weight is 244 g/mol. The molecule has 0 unspecified atom stereocenters. The summed E-state index contributed by atoms with van der Waals surface area (Å²) in [6.45, 7) is 2.12. The lowest BCUT2D eigenvalue weighted by atomic mass is 10.1. The Bertz CT molecular complexity index is 542. The molecule has 0 spiro atoms. The molecule has 2 rings (SSSR count). The Kier molecular flexibility index (Phi) is 3.62. The molecular formula is C13H16N4O. The lowest BCUT2D eigenvalue weighted by Crippen LogP contribution is -2.01. The summed E-state index contributed by atoms with van der Waals surface area (Å²) >= 11 is 0. The number of aryl methyl sites for hydroxylation is 1. The second-order valence-corrected chi connectivity index (χ2v) is 3.83. The van der Waals surface area contributed by atoms with Gasteiger partial charge < -0.3 is 15.8 Å². The van der Waals surface area contributed by atoms with Gasteiger partial charge in [0.2, 0.25) is 11.8 Å². The number of nitrogens with zero attached hydrogens (tertiary/aromatic N) is 2. The first-order chi connectivity index (χ1) is 8.71. The number of ether oxygens (including phenoxy) is 1. The third kappa shape index (κ3) is 2.88. The van der Waals surface area contributed by atoms with Crippen LogP contribution in [0.25, 0.3) is 0 Å². The molecule has 0 amide bonds. The second-order valence-electron chi connectivity index (χ2n) is 3.83. The summed E-state index contributed by atoms with van der Waals surface area (Å²) < 4.78 is 5.05. The molecule has 94 valence electrons. The molecule has 3 N–H and O–H groups in total. The van der Waals surface area contributed by atoms with E-state index >= 15 is 0 Å². The van der Waals surface area contributed by atoms with Crippen molar-refractivity contribution >= 4 is 17.5 Å². The Morgan fingerprint density at radius 1 is 1.28 bits per heavy atom. The first-order valence-electron chi connectivity index (χ1n) is 5.75.